The number of rotatable bonds is 4. The summed E-state index contributed by atoms with van der Waals surface area (Å²) in [5.41, 5.74) is 1.02. The number of carbonyl (C=O) groups excluding carboxylic acids is 1. The first kappa shape index (κ1) is 11.3. The van der Waals surface area contributed by atoms with Crippen LogP contribution in [0.2, 0.25) is 0 Å². The van der Waals surface area contributed by atoms with Crippen LogP contribution < -0.4 is 5.32 Å². The van der Waals surface area contributed by atoms with Gasteiger partial charge in [-0.15, -0.1) is 12.3 Å². The molecule has 2 heteroatoms. The summed E-state index contributed by atoms with van der Waals surface area (Å²) in [6, 6.07) is 9.70. The summed E-state index contributed by atoms with van der Waals surface area (Å²) >= 11 is 0. The number of hydrogen-bond donors (Lipinski definition) is 1. The maximum absolute atomic E-state index is 11.6. The van der Waals surface area contributed by atoms with Gasteiger partial charge >= 0.3 is 0 Å². The van der Waals surface area contributed by atoms with Gasteiger partial charge in [0.2, 0.25) is 5.91 Å². The topological polar surface area (TPSA) is 29.1 Å². The Morgan fingerprint density at radius 2 is 2.13 bits per heavy atom. The molecule has 1 unspecified atom stereocenters. The summed E-state index contributed by atoms with van der Waals surface area (Å²) in [5.74, 6) is 2.39. The van der Waals surface area contributed by atoms with Crippen molar-refractivity contribution in [2.75, 3.05) is 6.54 Å². The van der Waals surface area contributed by atoms with Crippen molar-refractivity contribution in [2.24, 2.45) is 0 Å². The second kappa shape index (κ2) is 5.87. The Kier molecular flexibility index (Phi) is 4.43. The van der Waals surface area contributed by atoms with Gasteiger partial charge in [0.15, 0.2) is 0 Å². The van der Waals surface area contributed by atoms with E-state index < -0.39 is 0 Å². The van der Waals surface area contributed by atoms with Crippen LogP contribution in [-0.2, 0) is 4.79 Å². The smallest absolute Gasteiger partial charge is 0.227 e. The molecule has 1 rings (SSSR count). The molecule has 0 fully saturated rings. The first-order chi connectivity index (χ1) is 7.25. The van der Waals surface area contributed by atoms with Crippen LogP contribution in [0, 0.1) is 12.3 Å². The molecule has 1 aromatic carbocycles. The molecule has 2 nitrogen and oxygen atoms in total. The molecule has 1 aromatic rings. The lowest BCUT2D eigenvalue weighted by molar-refractivity contribution is -0.122. The maximum Gasteiger partial charge on any atom is 0.227 e. The number of nitrogens with one attached hydrogen (secondary N) is 1. The van der Waals surface area contributed by atoms with Crippen LogP contribution >= 0.6 is 0 Å². The molecule has 0 aliphatic carbocycles. The van der Waals surface area contributed by atoms with Gasteiger partial charge in [0.05, 0.1) is 5.92 Å². The highest BCUT2D eigenvalue weighted by atomic mass is 16.1. The van der Waals surface area contributed by atoms with E-state index >= 15 is 0 Å². The Bertz CT molecular complexity index is 351. The van der Waals surface area contributed by atoms with Gasteiger partial charge < -0.3 is 5.32 Å². The van der Waals surface area contributed by atoms with Gasteiger partial charge in [-0.1, -0.05) is 30.3 Å². The number of hydrogen-bond acceptors (Lipinski definition) is 1. The SMILES string of the molecule is C#CCCNC(=O)C(C)c1ccccc1. The van der Waals surface area contributed by atoms with Crippen molar-refractivity contribution in [3.8, 4) is 12.3 Å². The predicted molar refractivity (Wildman–Crippen MR) is 61.3 cm³/mol. The highest BCUT2D eigenvalue weighted by Gasteiger charge is 2.13. The van der Waals surface area contributed by atoms with E-state index in [-0.39, 0.29) is 11.8 Å². The first-order valence-corrected chi connectivity index (χ1v) is 5.02. The summed E-state index contributed by atoms with van der Waals surface area (Å²) in [4.78, 5) is 11.6. The van der Waals surface area contributed by atoms with Crippen LogP contribution in [0.3, 0.4) is 0 Å². The van der Waals surface area contributed by atoms with Crippen molar-refractivity contribution >= 4 is 5.91 Å². The Morgan fingerprint density at radius 3 is 2.73 bits per heavy atom. The molecule has 0 aromatic heterocycles. The number of terminal acetylenes is 1. The van der Waals surface area contributed by atoms with Crippen molar-refractivity contribution in [1.29, 1.82) is 0 Å². The monoisotopic (exact) mass is 201 g/mol. The van der Waals surface area contributed by atoms with Gasteiger partial charge in [-0.2, -0.15) is 0 Å². The quantitative estimate of drug-likeness (QED) is 0.585. The molecule has 1 atom stereocenters. The summed E-state index contributed by atoms with van der Waals surface area (Å²) in [6.45, 7) is 2.44. The van der Waals surface area contributed by atoms with E-state index in [4.69, 9.17) is 6.42 Å². The van der Waals surface area contributed by atoms with Crippen LogP contribution in [0.1, 0.15) is 24.8 Å². The summed E-state index contributed by atoms with van der Waals surface area (Å²) in [6.07, 6.45) is 5.68. The number of amides is 1. The Balaban J connectivity index is 2.51. The Hall–Kier alpha value is -1.75. The summed E-state index contributed by atoms with van der Waals surface area (Å²) < 4.78 is 0. The van der Waals surface area contributed by atoms with E-state index in [1.807, 2.05) is 37.3 Å². The predicted octanol–water partition coefficient (Wildman–Crippen LogP) is 1.93. The van der Waals surface area contributed by atoms with E-state index in [1.165, 1.54) is 0 Å². The molecule has 0 radical (unpaired) electrons. The zero-order chi connectivity index (χ0) is 11.1. The lowest BCUT2D eigenvalue weighted by atomic mass is 10.0. The van der Waals surface area contributed by atoms with Gasteiger partial charge in [0.1, 0.15) is 0 Å². The fraction of sp³-hybridized carbons (Fsp3) is 0.308. The zero-order valence-electron chi connectivity index (χ0n) is 8.86. The Morgan fingerprint density at radius 1 is 1.47 bits per heavy atom. The van der Waals surface area contributed by atoms with Gasteiger partial charge in [-0.05, 0) is 12.5 Å². The van der Waals surface area contributed by atoms with Gasteiger partial charge in [-0.3, -0.25) is 4.79 Å². The molecule has 0 aliphatic rings. The molecule has 78 valence electrons. The van der Waals surface area contributed by atoms with Crippen LogP contribution in [-0.4, -0.2) is 12.5 Å². The van der Waals surface area contributed by atoms with Crippen molar-refractivity contribution in [1.82, 2.24) is 5.32 Å². The molecular weight excluding hydrogens is 186 g/mol. The lowest BCUT2D eigenvalue weighted by Gasteiger charge is -2.11. The highest BCUT2D eigenvalue weighted by Crippen LogP contribution is 2.13. The third kappa shape index (κ3) is 3.47. The molecule has 0 heterocycles. The fourth-order valence-corrected chi connectivity index (χ4v) is 1.30. The fourth-order valence-electron chi connectivity index (χ4n) is 1.30. The van der Waals surface area contributed by atoms with E-state index in [0.29, 0.717) is 13.0 Å². The van der Waals surface area contributed by atoms with Crippen LogP contribution in [0.15, 0.2) is 30.3 Å². The van der Waals surface area contributed by atoms with E-state index in [1.54, 1.807) is 0 Å². The molecular formula is C13H15NO. The van der Waals surface area contributed by atoms with Gasteiger partial charge in [0, 0.05) is 13.0 Å². The summed E-state index contributed by atoms with van der Waals surface area (Å²) in [5, 5.41) is 2.80. The molecule has 0 bridgehead atoms. The van der Waals surface area contributed by atoms with E-state index in [0.717, 1.165) is 5.56 Å². The normalized spacial score (nSPS) is 11.5. The van der Waals surface area contributed by atoms with Gasteiger partial charge in [-0.25, -0.2) is 0 Å². The van der Waals surface area contributed by atoms with Gasteiger partial charge in [0.25, 0.3) is 0 Å². The molecule has 0 spiro atoms. The first-order valence-electron chi connectivity index (χ1n) is 5.02. The maximum atomic E-state index is 11.6. The van der Waals surface area contributed by atoms with Crippen molar-refractivity contribution in [3.05, 3.63) is 35.9 Å². The molecule has 15 heavy (non-hydrogen) atoms. The minimum Gasteiger partial charge on any atom is -0.355 e. The minimum atomic E-state index is -0.121. The van der Waals surface area contributed by atoms with Crippen LogP contribution in [0.4, 0.5) is 0 Å². The van der Waals surface area contributed by atoms with E-state index in [9.17, 15) is 4.79 Å². The second-order valence-electron chi connectivity index (χ2n) is 3.38. The molecule has 1 amide bonds. The van der Waals surface area contributed by atoms with Crippen LogP contribution in [0.5, 0.6) is 0 Å². The average Bonchev–Trinajstić information content (AvgIpc) is 2.29. The molecule has 0 aliphatic heterocycles. The minimum absolute atomic E-state index is 0.0245. The third-order valence-electron chi connectivity index (χ3n) is 2.26. The zero-order valence-corrected chi connectivity index (χ0v) is 8.86. The average molecular weight is 201 g/mol. The van der Waals surface area contributed by atoms with Crippen molar-refractivity contribution in [3.63, 3.8) is 0 Å². The van der Waals surface area contributed by atoms with Crippen molar-refractivity contribution in [2.45, 2.75) is 19.3 Å². The van der Waals surface area contributed by atoms with Crippen LogP contribution in [0.25, 0.3) is 0 Å². The third-order valence-corrected chi connectivity index (χ3v) is 2.26. The molecule has 0 saturated heterocycles. The molecule has 1 N–H and O–H groups in total. The largest absolute Gasteiger partial charge is 0.355 e. The number of carbonyl (C=O) groups is 1. The lowest BCUT2D eigenvalue weighted by Crippen LogP contribution is -2.28. The standard InChI is InChI=1S/C13H15NO/c1-3-4-10-14-13(15)11(2)12-8-6-5-7-9-12/h1,5-9,11H,4,10H2,2H3,(H,14,15). The van der Waals surface area contributed by atoms with Crippen molar-refractivity contribution < 1.29 is 4.79 Å². The van der Waals surface area contributed by atoms with E-state index in [2.05, 4.69) is 11.2 Å². The highest BCUT2D eigenvalue weighted by molar-refractivity contribution is 5.83. The summed E-state index contributed by atoms with van der Waals surface area (Å²) in [7, 11) is 0. The second-order valence-corrected chi connectivity index (χ2v) is 3.38. The molecule has 0 saturated carbocycles. The Labute approximate surface area is 90.7 Å². The number of benzene rings is 1.